The van der Waals surface area contributed by atoms with Gasteiger partial charge < -0.3 is 15.2 Å². The van der Waals surface area contributed by atoms with Crippen molar-refractivity contribution in [1.29, 1.82) is 0 Å². The van der Waals surface area contributed by atoms with Gasteiger partial charge in [0.1, 0.15) is 11.6 Å². The highest BCUT2D eigenvalue weighted by Gasteiger charge is 2.23. The minimum atomic E-state index is -0.996. The van der Waals surface area contributed by atoms with Crippen LogP contribution < -0.4 is 5.32 Å². The topological polar surface area (TPSA) is 41.5 Å². The van der Waals surface area contributed by atoms with E-state index in [9.17, 15) is 13.9 Å². The van der Waals surface area contributed by atoms with Gasteiger partial charge in [0.25, 0.3) is 0 Å². The number of ether oxygens (including phenoxy) is 1. The number of benzene rings is 1. The molecule has 0 amide bonds. The normalized spacial score (nSPS) is 22.4. The molecule has 0 spiro atoms. The Bertz CT molecular complexity index is 422. The Morgan fingerprint density at radius 2 is 2.26 bits per heavy atom. The second kappa shape index (κ2) is 6.41. The molecule has 3 atom stereocenters. The van der Waals surface area contributed by atoms with Crippen LogP contribution in [0.15, 0.2) is 18.2 Å². The molecule has 5 heteroatoms. The highest BCUT2D eigenvalue weighted by atomic mass is 19.1. The van der Waals surface area contributed by atoms with Crippen molar-refractivity contribution >= 4 is 0 Å². The molecule has 1 aliphatic heterocycles. The van der Waals surface area contributed by atoms with Gasteiger partial charge in [0.15, 0.2) is 0 Å². The molecule has 106 valence electrons. The van der Waals surface area contributed by atoms with Gasteiger partial charge in [-0.2, -0.15) is 0 Å². The average molecular weight is 271 g/mol. The maximum atomic E-state index is 13.5. The number of aliphatic hydroxyl groups excluding tert-OH is 1. The van der Waals surface area contributed by atoms with Crippen LogP contribution in [0, 0.1) is 11.6 Å². The summed E-state index contributed by atoms with van der Waals surface area (Å²) >= 11 is 0. The van der Waals surface area contributed by atoms with Crippen LogP contribution in [0.4, 0.5) is 8.78 Å². The molecule has 1 aromatic rings. The van der Waals surface area contributed by atoms with E-state index >= 15 is 0 Å². The highest BCUT2D eigenvalue weighted by Crippen LogP contribution is 2.19. The summed E-state index contributed by atoms with van der Waals surface area (Å²) in [6, 6.07) is 3.29. The standard InChI is InChI=1S/C14H19F2NO2/c1-9(14-3-2-6-19-14)17-8-13(18)11-5-4-10(15)7-12(11)16/h4-5,7,9,13-14,17-18H,2-3,6,8H2,1H3. The SMILES string of the molecule is CC(NCC(O)c1ccc(F)cc1F)C1CCCO1. The summed E-state index contributed by atoms with van der Waals surface area (Å²) in [4.78, 5) is 0. The van der Waals surface area contributed by atoms with E-state index < -0.39 is 17.7 Å². The van der Waals surface area contributed by atoms with E-state index in [4.69, 9.17) is 4.74 Å². The fourth-order valence-electron chi connectivity index (χ4n) is 2.31. The Hall–Kier alpha value is -1.04. The van der Waals surface area contributed by atoms with Gasteiger partial charge in [-0.3, -0.25) is 0 Å². The van der Waals surface area contributed by atoms with Crippen molar-refractivity contribution < 1.29 is 18.6 Å². The van der Waals surface area contributed by atoms with Crippen molar-refractivity contribution in [2.75, 3.05) is 13.2 Å². The molecule has 1 fully saturated rings. The van der Waals surface area contributed by atoms with Crippen molar-refractivity contribution in [3.8, 4) is 0 Å². The van der Waals surface area contributed by atoms with E-state index in [2.05, 4.69) is 5.32 Å². The largest absolute Gasteiger partial charge is 0.387 e. The Balaban J connectivity index is 1.88. The third-order valence-electron chi connectivity index (χ3n) is 3.48. The van der Waals surface area contributed by atoms with Crippen molar-refractivity contribution in [2.24, 2.45) is 0 Å². The number of hydrogen-bond acceptors (Lipinski definition) is 3. The summed E-state index contributed by atoms with van der Waals surface area (Å²) in [5.74, 6) is -1.37. The van der Waals surface area contributed by atoms with Crippen LogP contribution in [0.5, 0.6) is 0 Å². The zero-order chi connectivity index (χ0) is 13.8. The molecule has 1 aromatic carbocycles. The van der Waals surface area contributed by atoms with Gasteiger partial charge >= 0.3 is 0 Å². The summed E-state index contributed by atoms with van der Waals surface area (Å²) in [7, 11) is 0. The number of hydrogen-bond donors (Lipinski definition) is 2. The lowest BCUT2D eigenvalue weighted by atomic mass is 10.1. The average Bonchev–Trinajstić information content (AvgIpc) is 2.89. The second-order valence-electron chi connectivity index (χ2n) is 4.93. The Labute approximate surface area is 111 Å². The van der Waals surface area contributed by atoms with Crippen LogP contribution in [-0.4, -0.2) is 30.4 Å². The number of nitrogens with one attached hydrogen (secondary N) is 1. The van der Waals surface area contributed by atoms with Gasteiger partial charge in [0, 0.05) is 30.8 Å². The van der Waals surface area contributed by atoms with Gasteiger partial charge in [-0.25, -0.2) is 8.78 Å². The minimum absolute atomic E-state index is 0.0978. The van der Waals surface area contributed by atoms with E-state index in [-0.39, 0.29) is 24.3 Å². The van der Waals surface area contributed by atoms with Crippen molar-refractivity contribution in [3.63, 3.8) is 0 Å². The molecule has 0 saturated carbocycles. The zero-order valence-corrected chi connectivity index (χ0v) is 10.9. The molecule has 3 unspecified atom stereocenters. The lowest BCUT2D eigenvalue weighted by Crippen LogP contribution is -2.39. The predicted molar refractivity (Wildman–Crippen MR) is 67.8 cm³/mol. The Morgan fingerprint density at radius 1 is 1.47 bits per heavy atom. The Kier molecular flexibility index (Phi) is 4.85. The van der Waals surface area contributed by atoms with Gasteiger partial charge in [-0.1, -0.05) is 6.07 Å². The van der Waals surface area contributed by atoms with Crippen LogP contribution in [-0.2, 0) is 4.74 Å². The third kappa shape index (κ3) is 3.72. The molecule has 1 saturated heterocycles. The molecule has 0 radical (unpaired) electrons. The molecule has 2 N–H and O–H groups in total. The van der Waals surface area contributed by atoms with E-state index in [1.165, 1.54) is 6.07 Å². The molecule has 2 rings (SSSR count). The summed E-state index contributed by atoms with van der Waals surface area (Å²) < 4.78 is 31.8. The minimum Gasteiger partial charge on any atom is -0.387 e. The van der Waals surface area contributed by atoms with Gasteiger partial charge in [-0.15, -0.1) is 0 Å². The highest BCUT2D eigenvalue weighted by molar-refractivity contribution is 5.21. The molecular weight excluding hydrogens is 252 g/mol. The van der Waals surface area contributed by atoms with Crippen molar-refractivity contribution in [3.05, 3.63) is 35.4 Å². The van der Waals surface area contributed by atoms with Crippen LogP contribution in [0.2, 0.25) is 0 Å². The fourth-order valence-corrected chi connectivity index (χ4v) is 2.31. The summed E-state index contributed by atoms with van der Waals surface area (Å²) in [5, 5.41) is 13.0. The maximum Gasteiger partial charge on any atom is 0.131 e. The molecule has 1 aliphatic rings. The molecule has 1 heterocycles. The van der Waals surface area contributed by atoms with Crippen LogP contribution >= 0.6 is 0 Å². The number of aliphatic hydroxyl groups is 1. The molecule has 19 heavy (non-hydrogen) atoms. The van der Waals surface area contributed by atoms with Crippen LogP contribution in [0.1, 0.15) is 31.4 Å². The smallest absolute Gasteiger partial charge is 0.131 e. The van der Waals surface area contributed by atoms with Crippen molar-refractivity contribution in [1.82, 2.24) is 5.32 Å². The zero-order valence-electron chi connectivity index (χ0n) is 10.9. The van der Waals surface area contributed by atoms with E-state index in [0.717, 1.165) is 31.6 Å². The molecular formula is C14H19F2NO2. The molecule has 0 aliphatic carbocycles. The summed E-state index contributed by atoms with van der Waals surface area (Å²) in [6.45, 7) is 2.96. The molecule has 3 nitrogen and oxygen atoms in total. The first-order chi connectivity index (χ1) is 9.08. The quantitative estimate of drug-likeness (QED) is 0.862. The van der Waals surface area contributed by atoms with Crippen LogP contribution in [0.25, 0.3) is 0 Å². The summed E-state index contributed by atoms with van der Waals surface area (Å²) in [5.41, 5.74) is 0.105. The van der Waals surface area contributed by atoms with E-state index in [1.807, 2.05) is 6.92 Å². The Morgan fingerprint density at radius 3 is 2.89 bits per heavy atom. The van der Waals surface area contributed by atoms with E-state index in [0.29, 0.717) is 0 Å². The predicted octanol–water partition coefficient (Wildman–Crippen LogP) is 2.16. The second-order valence-corrected chi connectivity index (χ2v) is 4.93. The lowest BCUT2D eigenvalue weighted by Gasteiger charge is -2.22. The van der Waals surface area contributed by atoms with Gasteiger partial charge in [-0.05, 0) is 25.8 Å². The van der Waals surface area contributed by atoms with Gasteiger partial charge in [0.2, 0.25) is 0 Å². The first-order valence-corrected chi connectivity index (χ1v) is 6.56. The first-order valence-electron chi connectivity index (χ1n) is 6.56. The molecule has 0 bridgehead atoms. The lowest BCUT2D eigenvalue weighted by molar-refractivity contribution is 0.0761. The summed E-state index contributed by atoms with van der Waals surface area (Å²) in [6.07, 6.45) is 1.19. The fraction of sp³-hybridized carbons (Fsp3) is 0.571. The third-order valence-corrected chi connectivity index (χ3v) is 3.48. The monoisotopic (exact) mass is 271 g/mol. The van der Waals surface area contributed by atoms with Gasteiger partial charge in [0.05, 0.1) is 12.2 Å². The maximum absolute atomic E-state index is 13.5. The van der Waals surface area contributed by atoms with E-state index in [1.54, 1.807) is 0 Å². The van der Waals surface area contributed by atoms with Crippen LogP contribution in [0.3, 0.4) is 0 Å². The van der Waals surface area contributed by atoms with Crippen molar-refractivity contribution in [2.45, 2.75) is 38.0 Å². The first kappa shape index (κ1) is 14.4. The molecule has 0 aromatic heterocycles. The number of halogens is 2. The number of rotatable bonds is 5.